The number of halogens is 2. The second-order valence-corrected chi connectivity index (χ2v) is 9.23. The van der Waals surface area contributed by atoms with Gasteiger partial charge in [-0.25, -0.2) is 0 Å². The van der Waals surface area contributed by atoms with Crippen molar-refractivity contribution in [3.05, 3.63) is 115 Å². The molecule has 0 saturated carbocycles. The fourth-order valence-corrected chi connectivity index (χ4v) is 4.87. The van der Waals surface area contributed by atoms with Gasteiger partial charge in [0, 0.05) is 19.2 Å². The van der Waals surface area contributed by atoms with Gasteiger partial charge in [0.05, 0.1) is 0 Å². The molecule has 1 aliphatic rings. The average Bonchev–Trinajstić information content (AvgIpc) is 2.76. The molecule has 0 saturated heterocycles. The van der Waals surface area contributed by atoms with Crippen molar-refractivity contribution in [2.75, 3.05) is 0 Å². The molecule has 4 aromatic carbocycles. The highest BCUT2D eigenvalue weighted by Gasteiger charge is 2.26. The van der Waals surface area contributed by atoms with E-state index < -0.39 is 0 Å². The van der Waals surface area contributed by atoms with Gasteiger partial charge in [0.2, 0.25) is 0 Å². The smallest absolute Gasteiger partial charge is 0.193 e. The number of rotatable bonds is 2. The normalized spacial score (nSPS) is 12.4. The summed E-state index contributed by atoms with van der Waals surface area (Å²) >= 11 is 5.88. The van der Waals surface area contributed by atoms with Gasteiger partial charge in [0.25, 0.3) is 0 Å². The van der Waals surface area contributed by atoms with Crippen molar-refractivity contribution < 1.29 is 4.79 Å². The summed E-state index contributed by atoms with van der Waals surface area (Å²) in [5.74, 6) is 0.114. The lowest BCUT2D eigenvalue weighted by Crippen LogP contribution is -2.16. The van der Waals surface area contributed by atoms with E-state index >= 15 is 0 Å². The van der Waals surface area contributed by atoms with Gasteiger partial charge in [-0.3, -0.25) is 4.79 Å². The molecule has 5 rings (SSSR count). The van der Waals surface area contributed by atoms with Crippen LogP contribution >= 0.6 is 38.5 Å². The van der Waals surface area contributed by atoms with E-state index in [4.69, 9.17) is 0 Å². The van der Waals surface area contributed by atoms with E-state index in [1.165, 1.54) is 0 Å². The molecule has 0 radical (unpaired) electrons. The molecule has 3 heteroatoms. The Bertz CT molecular complexity index is 1250. The number of carbonyl (C=O) groups is 1. The van der Waals surface area contributed by atoms with Gasteiger partial charge in [0.15, 0.2) is 5.78 Å². The summed E-state index contributed by atoms with van der Waals surface area (Å²) in [5.41, 5.74) is 8.35. The summed E-state index contributed by atoms with van der Waals surface area (Å²) in [6, 6.07) is 29.1. The van der Waals surface area contributed by atoms with Crippen molar-refractivity contribution in [2.24, 2.45) is 0 Å². The minimum absolute atomic E-state index is 0.114. The third-order valence-electron chi connectivity index (χ3n) is 5.43. The van der Waals surface area contributed by atoms with E-state index in [1.807, 2.05) is 30.3 Å². The maximum atomic E-state index is 13.4. The lowest BCUT2D eigenvalue weighted by molar-refractivity contribution is 0.103. The lowest BCUT2D eigenvalue weighted by Gasteiger charge is -2.22. The molecule has 0 aliphatic heterocycles. The Morgan fingerprint density at radius 1 is 0.655 bits per heavy atom. The number of benzene rings is 4. The molecule has 0 unspecified atom stereocenters. The maximum Gasteiger partial charge on any atom is 0.193 e. The van der Waals surface area contributed by atoms with Crippen molar-refractivity contribution in [1.82, 2.24) is 0 Å². The highest BCUT2D eigenvalue weighted by atomic mass is 127. The standard InChI is InChI=1S/C26H16BrIO/c27-24-13-19-11-18-12-20(16-7-3-1-4-8-16)21(17-9-5-2-6-10-17)14-22(18)26(29)23(19)15-25(24)28/h1-10,12-15H,11H2. The van der Waals surface area contributed by atoms with Gasteiger partial charge in [-0.15, -0.1) is 0 Å². The van der Waals surface area contributed by atoms with Gasteiger partial charge in [-0.2, -0.15) is 0 Å². The van der Waals surface area contributed by atoms with Crippen molar-refractivity contribution in [2.45, 2.75) is 6.42 Å². The molecule has 0 bridgehead atoms. The Morgan fingerprint density at radius 2 is 1.17 bits per heavy atom. The monoisotopic (exact) mass is 550 g/mol. The van der Waals surface area contributed by atoms with Crippen LogP contribution in [0.25, 0.3) is 22.3 Å². The van der Waals surface area contributed by atoms with Crippen molar-refractivity contribution in [1.29, 1.82) is 0 Å². The minimum Gasteiger partial charge on any atom is -0.289 e. The molecule has 1 nitrogen and oxygen atoms in total. The second-order valence-electron chi connectivity index (χ2n) is 7.22. The Morgan fingerprint density at radius 3 is 1.79 bits per heavy atom. The first-order valence-corrected chi connectivity index (χ1v) is 11.3. The van der Waals surface area contributed by atoms with E-state index in [0.29, 0.717) is 0 Å². The maximum absolute atomic E-state index is 13.4. The molecule has 0 heterocycles. The quantitative estimate of drug-likeness (QED) is 0.208. The molecule has 0 spiro atoms. The first-order valence-electron chi connectivity index (χ1n) is 9.42. The molecule has 0 atom stereocenters. The summed E-state index contributed by atoms with van der Waals surface area (Å²) in [4.78, 5) is 13.4. The van der Waals surface area contributed by atoms with Gasteiger partial charge < -0.3 is 0 Å². The summed E-state index contributed by atoms with van der Waals surface area (Å²) < 4.78 is 2.10. The van der Waals surface area contributed by atoms with Crippen LogP contribution in [0.15, 0.2) is 89.4 Å². The van der Waals surface area contributed by atoms with Gasteiger partial charge in [0.1, 0.15) is 0 Å². The molecule has 140 valence electrons. The molecule has 29 heavy (non-hydrogen) atoms. The highest BCUT2D eigenvalue weighted by Crippen LogP contribution is 2.39. The molecular formula is C26H16BrIO. The summed E-state index contributed by atoms with van der Waals surface area (Å²) in [5, 5.41) is 0. The summed E-state index contributed by atoms with van der Waals surface area (Å²) in [7, 11) is 0. The predicted octanol–water partition coefficient (Wildman–Crippen LogP) is 7.52. The van der Waals surface area contributed by atoms with Gasteiger partial charge in [-0.05, 0) is 103 Å². The van der Waals surface area contributed by atoms with Crippen LogP contribution in [0, 0.1) is 3.57 Å². The minimum atomic E-state index is 0.114. The Balaban J connectivity index is 1.75. The molecule has 4 aromatic rings. The number of carbonyl (C=O) groups excluding carboxylic acids is 1. The molecule has 1 aliphatic carbocycles. The van der Waals surface area contributed by atoms with Gasteiger partial charge in [-0.1, -0.05) is 60.7 Å². The Kier molecular flexibility index (Phi) is 4.88. The van der Waals surface area contributed by atoms with Crippen LogP contribution in [-0.2, 0) is 6.42 Å². The molecule has 0 aromatic heterocycles. The number of hydrogen-bond acceptors (Lipinski definition) is 1. The zero-order valence-corrected chi connectivity index (χ0v) is 19.2. The molecule has 0 amide bonds. The number of ketones is 1. The summed E-state index contributed by atoms with van der Waals surface area (Å²) in [6.45, 7) is 0. The fourth-order valence-electron chi connectivity index (χ4n) is 4.01. The average molecular weight is 551 g/mol. The van der Waals surface area contributed by atoms with Crippen LogP contribution in [0.1, 0.15) is 27.0 Å². The Labute approximate surface area is 192 Å². The van der Waals surface area contributed by atoms with E-state index in [9.17, 15) is 4.79 Å². The third kappa shape index (κ3) is 3.36. The molecule has 0 N–H and O–H groups in total. The Hall–Kier alpha value is -2.24. The highest BCUT2D eigenvalue weighted by molar-refractivity contribution is 14.1. The zero-order chi connectivity index (χ0) is 20.0. The third-order valence-corrected chi connectivity index (χ3v) is 7.72. The fraction of sp³-hybridized carbons (Fsp3) is 0.0385. The molecular weight excluding hydrogens is 535 g/mol. The molecule has 0 fully saturated rings. The van der Waals surface area contributed by atoms with Crippen molar-refractivity contribution >= 4 is 44.3 Å². The van der Waals surface area contributed by atoms with Crippen LogP contribution < -0.4 is 0 Å². The number of hydrogen-bond donors (Lipinski definition) is 0. The van der Waals surface area contributed by atoms with Crippen LogP contribution in [0.4, 0.5) is 0 Å². The SMILES string of the molecule is O=C1c2cc(I)c(Br)cc2Cc2cc(-c3ccccc3)c(-c3ccccc3)cc21. The van der Waals surface area contributed by atoms with Crippen molar-refractivity contribution in [3.8, 4) is 22.3 Å². The van der Waals surface area contributed by atoms with Crippen molar-refractivity contribution in [3.63, 3.8) is 0 Å². The van der Waals surface area contributed by atoms with Crippen LogP contribution in [0.3, 0.4) is 0 Å². The first-order chi connectivity index (χ1) is 14.1. The van der Waals surface area contributed by atoms with Gasteiger partial charge >= 0.3 is 0 Å². The lowest BCUT2D eigenvalue weighted by atomic mass is 9.81. The van der Waals surface area contributed by atoms with Crippen LogP contribution in [0.2, 0.25) is 0 Å². The van der Waals surface area contributed by atoms with E-state index in [2.05, 4.69) is 93.1 Å². The predicted molar refractivity (Wildman–Crippen MR) is 130 cm³/mol. The summed E-state index contributed by atoms with van der Waals surface area (Å²) in [6.07, 6.45) is 0.765. The van der Waals surface area contributed by atoms with Crippen LogP contribution in [0.5, 0.6) is 0 Å². The van der Waals surface area contributed by atoms with Crippen LogP contribution in [-0.4, -0.2) is 5.78 Å². The van der Waals surface area contributed by atoms with E-state index in [0.717, 1.165) is 59.0 Å². The first kappa shape index (κ1) is 18.8. The van der Waals surface area contributed by atoms with E-state index in [1.54, 1.807) is 0 Å². The number of fused-ring (bicyclic) bond motifs is 2. The zero-order valence-electron chi connectivity index (χ0n) is 15.5. The largest absolute Gasteiger partial charge is 0.289 e. The second kappa shape index (κ2) is 7.54. The topological polar surface area (TPSA) is 17.1 Å². The van der Waals surface area contributed by atoms with E-state index in [-0.39, 0.29) is 5.78 Å².